The molecule has 0 spiro atoms. The minimum absolute atomic E-state index is 0.394. The molecule has 7 nitrogen and oxygen atoms in total. The van der Waals surface area contributed by atoms with E-state index in [1.54, 1.807) is 30.0 Å². The number of nitrogens with one attached hydrogen (secondary N) is 1. The van der Waals surface area contributed by atoms with E-state index in [0.29, 0.717) is 23.2 Å². The summed E-state index contributed by atoms with van der Waals surface area (Å²) in [5, 5.41) is 17.2. The molecule has 0 amide bonds. The summed E-state index contributed by atoms with van der Waals surface area (Å²) in [7, 11) is 1.64. The fourth-order valence-corrected chi connectivity index (χ4v) is 2.64. The number of fused-ring (bicyclic) bond motifs is 2. The summed E-state index contributed by atoms with van der Waals surface area (Å²) in [6.07, 6.45) is 1.75. The minimum atomic E-state index is 0.394. The number of methoxy groups -OCH3 is 1. The molecule has 0 unspecified atom stereocenters. The van der Waals surface area contributed by atoms with Crippen molar-refractivity contribution in [1.82, 2.24) is 24.8 Å². The van der Waals surface area contributed by atoms with Gasteiger partial charge in [-0.15, -0.1) is 10.2 Å². The Morgan fingerprint density at radius 1 is 1.17 bits per heavy atom. The molecule has 1 aromatic carbocycles. The van der Waals surface area contributed by atoms with Crippen LogP contribution in [0.2, 0.25) is 5.15 Å². The summed E-state index contributed by atoms with van der Waals surface area (Å²) in [6, 6.07) is 11.2. The standard InChI is InChI=1S/C16H13ClN6O/c1-24-10-2-3-11-12(6-7-18-13(11)8-10)19-9-16-21-20-15-5-4-14(17)22-23(15)16/h2-8H,9H2,1H3,(H,18,19). The SMILES string of the molecule is COc1ccc2c(NCc3nnc4ccc(Cl)nn34)ccnc2c1. The lowest BCUT2D eigenvalue weighted by Crippen LogP contribution is -2.06. The number of pyridine rings is 1. The highest BCUT2D eigenvalue weighted by Gasteiger charge is 2.09. The maximum Gasteiger partial charge on any atom is 0.178 e. The Labute approximate surface area is 142 Å². The Bertz CT molecular complexity index is 1030. The van der Waals surface area contributed by atoms with Crippen LogP contribution in [0.5, 0.6) is 5.75 Å². The number of nitrogens with zero attached hydrogens (tertiary/aromatic N) is 5. The summed E-state index contributed by atoms with van der Waals surface area (Å²) in [5.41, 5.74) is 2.45. The number of aromatic nitrogens is 5. The molecule has 0 radical (unpaired) electrons. The van der Waals surface area contributed by atoms with Gasteiger partial charge in [-0.1, -0.05) is 11.6 Å². The number of hydrogen-bond donors (Lipinski definition) is 1. The monoisotopic (exact) mass is 340 g/mol. The van der Waals surface area contributed by atoms with E-state index in [-0.39, 0.29) is 0 Å². The third-order valence-corrected chi connectivity index (χ3v) is 3.88. The van der Waals surface area contributed by atoms with Gasteiger partial charge in [0.2, 0.25) is 0 Å². The van der Waals surface area contributed by atoms with E-state index in [1.807, 2.05) is 24.3 Å². The highest BCUT2D eigenvalue weighted by Crippen LogP contribution is 2.25. The van der Waals surface area contributed by atoms with Crippen LogP contribution in [0.1, 0.15) is 5.82 Å². The lowest BCUT2D eigenvalue weighted by Gasteiger charge is -2.09. The molecule has 24 heavy (non-hydrogen) atoms. The second-order valence-corrected chi connectivity index (χ2v) is 5.52. The third kappa shape index (κ3) is 2.59. The summed E-state index contributed by atoms with van der Waals surface area (Å²) >= 11 is 5.94. The van der Waals surface area contributed by atoms with Crippen molar-refractivity contribution >= 4 is 33.8 Å². The lowest BCUT2D eigenvalue weighted by molar-refractivity contribution is 0.415. The summed E-state index contributed by atoms with van der Waals surface area (Å²) in [4.78, 5) is 4.37. The van der Waals surface area contributed by atoms with Gasteiger partial charge >= 0.3 is 0 Å². The molecule has 8 heteroatoms. The van der Waals surface area contributed by atoms with Crippen LogP contribution >= 0.6 is 11.6 Å². The Morgan fingerprint density at radius 2 is 2.08 bits per heavy atom. The maximum absolute atomic E-state index is 5.94. The van der Waals surface area contributed by atoms with Crippen molar-refractivity contribution in [2.75, 3.05) is 12.4 Å². The molecule has 0 fully saturated rings. The molecule has 0 atom stereocenters. The molecule has 0 aliphatic rings. The van der Waals surface area contributed by atoms with Crippen LogP contribution in [-0.4, -0.2) is 31.9 Å². The van der Waals surface area contributed by atoms with Gasteiger partial charge in [-0.05, 0) is 30.3 Å². The van der Waals surface area contributed by atoms with Gasteiger partial charge in [0.05, 0.1) is 19.2 Å². The number of anilines is 1. The molecule has 120 valence electrons. The van der Waals surface area contributed by atoms with E-state index >= 15 is 0 Å². The van der Waals surface area contributed by atoms with Crippen molar-refractivity contribution in [2.24, 2.45) is 0 Å². The highest BCUT2D eigenvalue weighted by molar-refractivity contribution is 6.29. The average Bonchev–Trinajstić information content (AvgIpc) is 3.01. The quantitative estimate of drug-likeness (QED) is 0.615. The molecule has 0 saturated carbocycles. The van der Waals surface area contributed by atoms with Gasteiger partial charge in [0, 0.05) is 23.3 Å². The molecule has 0 saturated heterocycles. The second-order valence-electron chi connectivity index (χ2n) is 5.14. The first-order valence-corrected chi connectivity index (χ1v) is 7.66. The number of rotatable bonds is 4. The molecule has 3 heterocycles. The van der Waals surface area contributed by atoms with Crippen LogP contribution in [-0.2, 0) is 6.54 Å². The largest absolute Gasteiger partial charge is 0.497 e. The molecule has 0 aliphatic heterocycles. The van der Waals surface area contributed by atoms with Gasteiger partial charge in [0.1, 0.15) is 10.9 Å². The molecule has 1 N–H and O–H groups in total. The Kier molecular flexibility index (Phi) is 3.62. The van der Waals surface area contributed by atoms with Crippen molar-refractivity contribution in [3.63, 3.8) is 0 Å². The number of hydrogen-bond acceptors (Lipinski definition) is 6. The Hall–Kier alpha value is -2.93. The average molecular weight is 341 g/mol. The second kappa shape index (κ2) is 5.93. The van der Waals surface area contributed by atoms with Crippen LogP contribution < -0.4 is 10.1 Å². The normalized spacial score (nSPS) is 11.1. The van der Waals surface area contributed by atoms with Gasteiger partial charge < -0.3 is 10.1 Å². The minimum Gasteiger partial charge on any atom is -0.497 e. The van der Waals surface area contributed by atoms with Gasteiger partial charge in [0.25, 0.3) is 0 Å². The van der Waals surface area contributed by atoms with Gasteiger partial charge in [-0.3, -0.25) is 4.98 Å². The van der Waals surface area contributed by atoms with Crippen LogP contribution in [0.15, 0.2) is 42.6 Å². The predicted molar refractivity (Wildman–Crippen MR) is 91.4 cm³/mol. The fourth-order valence-electron chi connectivity index (χ4n) is 2.50. The summed E-state index contributed by atoms with van der Waals surface area (Å²) < 4.78 is 6.86. The first kappa shape index (κ1) is 14.6. The smallest absolute Gasteiger partial charge is 0.178 e. The predicted octanol–water partition coefficient (Wildman–Crippen LogP) is 2.95. The zero-order valence-corrected chi connectivity index (χ0v) is 13.5. The maximum atomic E-state index is 5.94. The number of halogens is 1. The van der Waals surface area contributed by atoms with E-state index < -0.39 is 0 Å². The van der Waals surface area contributed by atoms with E-state index in [4.69, 9.17) is 16.3 Å². The molecule has 3 aromatic heterocycles. The number of ether oxygens (including phenoxy) is 1. The first-order valence-electron chi connectivity index (χ1n) is 7.28. The summed E-state index contributed by atoms with van der Waals surface area (Å²) in [6.45, 7) is 0.458. The van der Waals surface area contributed by atoms with Crippen molar-refractivity contribution in [2.45, 2.75) is 6.54 Å². The van der Waals surface area contributed by atoms with Crippen LogP contribution in [0.3, 0.4) is 0 Å². The summed E-state index contributed by atoms with van der Waals surface area (Å²) in [5.74, 6) is 1.44. The fraction of sp³-hybridized carbons (Fsp3) is 0.125. The molecule has 4 rings (SSSR count). The molecular weight excluding hydrogens is 328 g/mol. The lowest BCUT2D eigenvalue weighted by atomic mass is 10.2. The van der Waals surface area contributed by atoms with E-state index in [1.165, 1.54) is 0 Å². The van der Waals surface area contributed by atoms with Crippen molar-refractivity contribution < 1.29 is 4.74 Å². The van der Waals surface area contributed by atoms with Gasteiger partial charge in [-0.25, -0.2) is 0 Å². The number of benzene rings is 1. The first-order chi connectivity index (χ1) is 11.7. The van der Waals surface area contributed by atoms with Gasteiger partial charge in [-0.2, -0.15) is 9.61 Å². The molecule has 0 bridgehead atoms. The van der Waals surface area contributed by atoms with E-state index in [0.717, 1.165) is 22.3 Å². The zero-order chi connectivity index (χ0) is 16.5. The zero-order valence-electron chi connectivity index (χ0n) is 12.8. The molecule has 4 aromatic rings. The third-order valence-electron chi connectivity index (χ3n) is 3.68. The topological polar surface area (TPSA) is 77.2 Å². The van der Waals surface area contributed by atoms with Crippen molar-refractivity contribution in [3.8, 4) is 5.75 Å². The Balaban J connectivity index is 1.65. The van der Waals surface area contributed by atoms with E-state index in [9.17, 15) is 0 Å². The van der Waals surface area contributed by atoms with Crippen LogP contribution in [0, 0.1) is 0 Å². The van der Waals surface area contributed by atoms with Crippen LogP contribution in [0.4, 0.5) is 5.69 Å². The molecule has 0 aliphatic carbocycles. The Morgan fingerprint density at radius 3 is 2.96 bits per heavy atom. The molecular formula is C16H13ClN6O. The van der Waals surface area contributed by atoms with E-state index in [2.05, 4.69) is 25.6 Å². The van der Waals surface area contributed by atoms with Crippen molar-refractivity contribution in [1.29, 1.82) is 0 Å². The van der Waals surface area contributed by atoms with Crippen molar-refractivity contribution in [3.05, 3.63) is 53.6 Å². The van der Waals surface area contributed by atoms with Gasteiger partial charge in [0.15, 0.2) is 11.5 Å². The highest BCUT2D eigenvalue weighted by atomic mass is 35.5. The van der Waals surface area contributed by atoms with Crippen LogP contribution in [0.25, 0.3) is 16.6 Å².